The van der Waals surface area contributed by atoms with Gasteiger partial charge in [0.2, 0.25) is 5.91 Å². The number of carbonyl (C=O) groups excluding carboxylic acids is 3. The van der Waals surface area contributed by atoms with Crippen LogP contribution in [0.2, 0.25) is 0 Å². The Bertz CT molecular complexity index is 1080. The summed E-state index contributed by atoms with van der Waals surface area (Å²) in [5.41, 5.74) is 6.83. The Morgan fingerprint density at radius 3 is 2.77 bits per heavy atom. The predicted octanol–water partition coefficient (Wildman–Crippen LogP) is 0.204. The van der Waals surface area contributed by atoms with E-state index < -0.39 is 29.8 Å². The number of nitrogens with one attached hydrogen (secondary N) is 3. The smallest absolute Gasteiger partial charge is 0.411 e. The summed E-state index contributed by atoms with van der Waals surface area (Å²) in [4.78, 5) is 51.9. The van der Waals surface area contributed by atoms with Crippen LogP contribution in [0.25, 0.3) is 11.3 Å². The summed E-state index contributed by atoms with van der Waals surface area (Å²) in [5, 5.41) is 7.64. The van der Waals surface area contributed by atoms with E-state index in [0.29, 0.717) is 35.0 Å². The first-order valence-corrected chi connectivity index (χ1v) is 9.31. The van der Waals surface area contributed by atoms with Crippen molar-refractivity contribution in [2.45, 2.75) is 19.6 Å². The maximum Gasteiger partial charge on any atom is 0.411 e. The fraction of sp³-hybridized carbons (Fsp3) is 0.316. The minimum absolute atomic E-state index is 0.130. The molecule has 0 aliphatic carbocycles. The van der Waals surface area contributed by atoms with Gasteiger partial charge in [0.15, 0.2) is 0 Å². The molecule has 3 rings (SSSR count). The molecule has 1 unspecified atom stereocenters. The van der Waals surface area contributed by atoms with Crippen LogP contribution in [0.4, 0.5) is 21.0 Å². The van der Waals surface area contributed by atoms with Crippen LogP contribution in [-0.2, 0) is 20.8 Å². The number of hydrogen-bond donors (Lipinski definition) is 4. The highest BCUT2D eigenvalue weighted by molar-refractivity contribution is 5.92. The molecule has 5 N–H and O–H groups in total. The normalized spacial score (nSPS) is 15.0. The summed E-state index contributed by atoms with van der Waals surface area (Å²) in [6.45, 7) is 1.77. The average molecular weight is 430 g/mol. The number of aromatic nitrogens is 2. The Labute approximate surface area is 176 Å². The van der Waals surface area contributed by atoms with Crippen molar-refractivity contribution in [3.05, 3.63) is 40.4 Å². The third-order valence-corrected chi connectivity index (χ3v) is 4.52. The van der Waals surface area contributed by atoms with E-state index in [9.17, 15) is 19.2 Å². The number of cyclic esters (lactones) is 1. The van der Waals surface area contributed by atoms with Crippen molar-refractivity contribution >= 4 is 29.5 Å². The highest BCUT2D eigenvalue weighted by Gasteiger charge is 2.23. The quantitative estimate of drug-likeness (QED) is 0.472. The molecule has 12 heteroatoms. The van der Waals surface area contributed by atoms with E-state index in [2.05, 4.69) is 25.7 Å². The van der Waals surface area contributed by atoms with Crippen molar-refractivity contribution in [1.29, 1.82) is 0 Å². The van der Waals surface area contributed by atoms with Crippen molar-refractivity contribution in [1.82, 2.24) is 20.2 Å². The van der Waals surface area contributed by atoms with Gasteiger partial charge >= 0.3 is 12.2 Å². The lowest BCUT2D eigenvalue weighted by atomic mass is 10.1. The Kier molecular flexibility index (Phi) is 6.38. The lowest BCUT2D eigenvalue weighted by molar-refractivity contribution is -0.122. The number of hydrogen-bond acceptors (Lipinski definition) is 8. The molecule has 0 saturated carbocycles. The lowest BCUT2D eigenvalue weighted by Crippen LogP contribution is -2.38. The van der Waals surface area contributed by atoms with E-state index in [1.165, 1.54) is 23.8 Å². The molecule has 31 heavy (non-hydrogen) atoms. The summed E-state index contributed by atoms with van der Waals surface area (Å²) in [6, 6.07) is 6.01. The molecule has 2 aromatic rings. The maximum absolute atomic E-state index is 12.7. The number of carbonyl (C=O) groups is 3. The second-order valence-electron chi connectivity index (χ2n) is 6.75. The maximum atomic E-state index is 12.7. The molecule has 0 bridgehead atoms. The third-order valence-electron chi connectivity index (χ3n) is 4.52. The van der Waals surface area contributed by atoms with Crippen molar-refractivity contribution in [2.24, 2.45) is 0 Å². The molecular formula is C19H22N6O6. The van der Waals surface area contributed by atoms with Gasteiger partial charge in [-0.1, -0.05) is 0 Å². The van der Waals surface area contributed by atoms with Crippen LogP contribution in [0.15, 0.2) is 29.1 Å². The Morgan fingerprint density at radius 1 is 1.35 bits per heavy atom. The van der Waals surface area contributed by atoms with E-state index in [4.69, 9.17) is 10.5 Å². The molecule has 12 nitrogen and oxygen atoms in total. The van der Waals surface area contributed by atoms with Crippen molar-refractivity contribution in [3.8, 4) is 11.3 Å². The van der Waals surface area contributed by atoms with Crippen LogP contribution in [0, 0.1) is 6.92 Å². The second kappa shape index (κ2) is 9.15. The van der Waals surface area contributed by atoms with Gasteiger partial charge in [0.1, 0.15) is 18.5 Å². The first kappa shape index (κ1) is 21.6. The van der Waals surface area contributed by atoms with Crippen LogP contribution in [-0.4, -0.2) is 53.9 Å². The van der Waals surface area contributed by atoms with Crippen molar-refractivity contribution in [3.63, 3.8) is 0 Å². The number of nitrogens with zero attached hydrogens (tertiary/aromatic N) is 2. The fourth-order valence-electron chi connectivity index (χ4n) is 2.97. The topological polar surface area (TPSA) is 167 Å². The van der Waals surface area contributed by atoms with E-state index in [1.807, 2.05) is 0 Å². The fourth-order valence-corrected chi connectivity index (χ4v) is 2.97. The highest BCUT2D eigenvalue weighted by Crippen LogP contribution is 2.28. The SMILES string of the molecule is COC(=O)Nc1cc(N)ccc1-c1cc(=O)n(CC(=O)NCC2CNC(=O)O2)c(C)n1. The number of methoxy groups -OCH3 is 1. The zero-order chi connectivity index (χ0) is 22.5. The summed E-state index contributed by atoms with van der Waals surface area (Å²) in [5.74, 6) is -0.129. The van der Waals surface area contributed by atoms with Crippen LogP contribution in [0.3, 0.4) is 0 Å². The van der Waals surface area contributed by atoms with E-state index >= 15 is 0 Å². The number of rotatable bonds is 6. The molecule has 0 radical (unpaired) electrons. The number of anilines is 2. The zero-order valence-corrected chi connectivity index (χ0v) is 16.9. The molecule has 1 aliphatic heterocycles. The number of amides is 3. The Morgan fingerprint density at radius 2 is 2.13 bits per heavy atom. The number of benzene rings is 1. The minimum atomic E-state index is -0.697. The van der Waals surface area contributed by atoms with Gasteiger partial charge in [0, 0.05) is 17.3 Å². The van der Waals surface area contributed by atoms with Crippen LogP contribution in [0.5, 0.6) is 0 Å². The number of aryl methyl sites for hydroxylation is 1. The van der Waals surface area contributed by atoms with Gasteiger partial charge in [-0.2, -0.15) is 0 Å². The summed E-state index contributed by atoms with van der Waals surface area (Å²) >= 11 is 0. The monoisotopic (exact) mass is 430 g/mol. The first-order valence-electron chi connectivity index (χ1n) is 9.31. The summed E-state index contributed by atoms with van der Waals surface area (Å²) in [6.07, 6.45) is -1.69. The molecule has 2 heterocycles. The van der Waals surface area contributed by atoms with Gasteiger partial charge in [-0.15, -0.1) is 0 Å². The van der Waals surface area contributed by atoms with E-state index in [-0.39, 0.29) is 13.1 Å². The zero-order valence-electron chi connectivity index (χ0n) is 16.9. The molecule has 164 valence electrons. The molecule has 1 aromatic carbocycles. The van der Waals surface area contributed by atoms with Gasteiger partial charge in [-0.05, 0) is 25.1 Å². The third kappa shape index (κ3) is 5.29. The Hall–Kier alpha value is -4.09. The number of ether oxygens (including phenoxy) is 2. The van der Waals surface area contributed by atoms with Crippen LogP contribution >= 0.6 is 0 Å². The number of nitrogens with two attached hydrogens (primary N) is 1. The molecular weight excluding hydrogens is 408 g/mol. The molecule has 1 aliphatic rings. The molecule has 1 saturated heterocycles. The predicted molar refractivity (Wildman–Crippen MR) is 110 cm³/mol. The number of alkyl carbamates (subject to hydrolysis) is 1. The lowest BCUT2D eigenvalue weighted by Gasteiger charge is -2.14. The van der Waals surface area contributed by atoms with E-state index in [1.54, 1.807) is 19.1 Å². The van der Waals surface area contributed by atoms with Gasteiger partial charge in [0.05, 0.1) is 31.6 Å². The van der Waals surface area contributed by atoms with E-state index in [0.717, 1.165) is 0 Å². The minimum Gasteiger partial charge on any atom is -0.453 e. The standard InChI is InChI=1S/C19H22N6O6/c1-10-23-15(13-4-3-11(20)5-14(13)24-19(29)30-2)6-17(27)25(10)9-16(26)21-7-12-8-22-18(28)31-12/h3-6,12H,7-9,20H2,1-2H3,(H,21,26)(H,22,28)(H,24,29). The van der Waals surface area contributed by atoms with Crippen molar-refractivity contribution in [2.75, 3.05) is 31.2 Å². The van der Waals surface area contributed by atoms with Gasteiger partial charge in [-0.3, -0.25) is 19.5 Å². The molecule has 0 spiro atoms. The van der Waals surface area contributed by atoms with Gasteiger partial charge in [-0.25, -0.2) is 14.6 Å². The van der Waals surface area contributed by atoms with Gasteiger partial charge < -0.3 is 25.8 Å². The second-order valence-corrected chi connectivity index (χ2v) is 6.75. The van der Waals surface area contributed by atoms with Crippen LogP contribution in [0.1, 0.15) is 5.82 Å². The molecule has 1 fully saturated rings. The summed E-state index contributed by atoms with van der Waals surface area (Å²) in [7, 11) is 1.23. The highest BCUT2D eigenvalue weighted by atomic mass is 16.6. The summed E-state index contributed by atoms with van der Waals surface area (Å²) < 4.78 is 10.8. The molecule has 3 amide bonds. The molecule has 1 atom stereocenters. The largest absolute Gasteiger partial charge is 0.453 e. The molecule has 1 aromatic heterocycles. The van der Waals surface area contributed by atoms with Crippen LogP contribution < -0.4 is 27.2 Å². The van der Waals surface area contributed by atoms with Crippen molar-refractivity contribution < 1.29 is 23.9 Å². The van der Waals surface area contributed by atoms with Gasteiger partial charge in [0.25, 0.3) is 5.56 Å². The number of nitrogen functional groups attached to an aromatic ring is 1. The Balaban J connectivity index is 1.78. The first-order chi connectivity index (χ1) is 14.8. The average Bonchev–Trinajstić information content (AvgIpc) is 3.14.